The lowest BCUT2D eigenvalue weighted by atomic mass is 10.1. The van der Waals surface area contributed by atoms with Crippen molar-refractivity contribution in [2.45, 2.75) is 20.3 Å². The second kappa shape index (κ2) is 6.71. The molecular weight excluding hydrogens is 302 g/mol. The second-order valence-corrected chi connectivity index (χ2v) is 5.63. The summed E-state index contributed by atoms with van der Waals surface area (Å²) in [5.41, 5.74) is 3.47. The van der Waals surface area contributed by atoms with E-state index >= 15 is 0 Å². The van der Waals surface area contributed by atoms with Crippen molar-refractivity contribution in [3.05, 3.63) is 65.9 Å². The predicted octanol–water partition coefficient (Wildman–Crippen LogP) is 3.94. The molecule has 0 amide bonds. The summed E-state index contributed by atoms with van der Waals surface area (Å²) in [4.78, 5) is 23.5. The second-order valence-electron chi connectivity index (χ2n) is 5.63. The van der Waals surface area contributed by atoms with E-state index in [0.717, 1.165) is 22.2 Å². The first-order valence-electron chi connectivity index (χ1n) is 7.96. The lowest BCUT2D eigenvalue weighted by Gasteiger charge is -2.06. The van der Waals surface area contributed by atoms with Gasteiger partial charge < -0.3 is 9.30 Å². The van der Waals surface area contributed by atoms with E-state index in [1.807, 2.05) is 53.2 Å². The number of ether oxygens (including phenoxy) is 1. The number of aromatic nitrogens is 1. The van der Waals surface area contributed by atoms with Crippen LogP contribution in [0.2, 0.25) is 0 Å². The Morgan fingerprint density at radius 3 is 2.62 bits per heavy atom. The van der Waals surface area contributed by atoms with Crippen LogP contribution in [-0.2, 0) is 16.0 Å². The van der Waals surface area contributed by atoms with E-state index in [1.165, 1.54) is 0 Å². The maximum Gasteiger partial charge on any atom is 0.310 e. The van der Waals surface area contributed by atoms with Gasteiger partial charge in [0.15, 0.2) is 5.78 Å². The molecule has 24 heavy (non-hydrogen) atoms. The van der Waals surface area contributed by atoms with Crippen molar-refractivity contribution in [1.29, 1.82) is 0 Å². The number of fused-ring (bicyclic) bond motifs is 1. The van der Waals surface area contributed by atoms with Crippen LogP contribution in [0.3, 0.4) is 0 Å². The Balaban J connectivity index is 2.10. The summed E-state index contributed by atoms with van der Waals surface area (Å²) < 4.78 is 7.08. The van der Waals surface area contributed by atoms with Crippen molar-refractivity contribution in [3.8, 4) is 5.69 Å². The number of carbonyl (C=O) groups is 2. The van der Waals surface area contributed by atoms with E-state index in [-0.39, 0.29) is 18.2 Å². The number of rotatable bonds is 5. The molecule has 1 aromatic heterocycles. The minimum atomic E-state index is -0.238. The number of benzene rings is 2. The zero-order chi connectivity index (χ0) is 17.1. The number of esters is 1. The van der Waals surface area contributed by atoms with Gasteiger partial charge in [0, 0.05) is 22.8 Å². The molecule has 0 atom stereocenters. The number of hydrogen-bond acceptors (Lipinski definition) is 3. The Morgan fingerprint density at radius 1 is 1.08 bits per heavy atom. The normalized spacial score (nSPS) is 10.8. The SMILES string of the molecule is CCOC(=O)Cc1cn(-c2cccc(C(C)=O)c2)c2ccccc12. The molecule has 0 spiro atoms. The minimum Gasteiger partial charge on any atom is -0.466 e. The fourth-order valence-electron chi connectivity index (χ4n) is 2.85. The fourth-order valence-corrected chi connectivity index (χ4v) is 2.85. The molecule has 0 saturated heterocycles. The highest BCUT2D eigenvalue weighted by molar-refractivity contribution is 5.95. The first-order valence-corrected chi connectivity index (χ1v) is 7.96. The van der Waals surface area contributed by atoms with Gasteiger partial charge in [0.05, 0.1) is 18.5 Å². The third-order valence-corrected chi connectivity index (χ3v) is 3.97. The molecule has 0 aliphatic heterocycles. The molecule has 0 radical (unpaired) electrons. The molecule has 0 saturated carbocycles. The van der Waals surface area contributed by atoms with Gasteiger partial charge in [0.1, 0.15) is 0 Å². The fraction of sp³-hybridized carbons (Fsp3) is 0.200. The van der Waals surface area contributed by atoms with Crippen LogP contribution in [0.1, 0.15) is 29.8 Å². The van der Waals surface area contributed by atoms with Crippen molar-refractivity contribution in [3.63, 3.8) is 0 Å². The zero-order valence-electron chi connectivity index (χ0n) is 13.8. The molecule has 3 aromatic rings. The molecule has 0 fully saturated rings. The Hall–Kier alpha value is -2.88. The predicted molar refractivity (Wildman–Crippen MR) is 93.6 cm³/mol. The topological polar surface area (TPSA) is 48.3 Å². The summed E-state index contributed by atoms with van der Waals surface area (Å²) in [5.74, 6) is -0.210. The number of hydrogen-bond donors (Lipinski definition) is 0. The van der Waals surface area contributed by atoms with Gasteiger partial charge in [-0.15, -0.1) is 0 Å². The number of nitrogens with zero attached hydrogens (tertiary/aromatic N) is 1. The van der Waals surface area contributed by atoms with E-state index in [0.29, 0.717) is 12.2 Å². The molecule has 122 valence electrons. The van der Waals surface area contributed by atoms with Crippen LogP contribution in [0.15, 0.2) is 54.7 Å². The van der Waals surface area contributed by atoms with Gasteiger partial charge in [-0.3, -0.25) is 9.59 Å². The molecule has 1 heterocycles. The summed E-state index contributed by atoms with van der Waals surface area (Å²) >= 11 is 0. The highest BCUT2D eigenvalue weighted by Gasteiger charge is 2.13. The number of Topliss-reactive ketones (excluding diaryl/α,β-unsaturated/α-hetero) is 1. The maximum atomic E-state index is 11.9. The van der Waals surface area contributed by atoms with Crippen LogP contribution in [0.4, 0.5) is 0 Å². The van der Waals surface area contributed by atoms with Crippen LogP contribution in [0.5, 0.6) is 0 Å². The van der Waals surface area contributed by atoms with Gasteiger partial charge >= 0.3 is 5.97 Å². The van der Waals surface area contributed by atoms with E-state index in [2.05, 4.69) is 0 Å². The monoisotopic (exact) mass is 321 g/mol. The highest BCUT2D eigenvalue weighted by atomic mass is 16.5. The van der Waals surface area contributed by atoms with Crippen LogP contribution < -0.4 is 0 Å². The molecule has 4 nitrogen and oxygen atoms in total. The van der Waals surface area contributed by atoms with Crippen LogP contribution >= 0.6 is 0 Å². The number of para-hydroxylation sites is 1. The van der Waals surface area contributed by atoms with E-state index in [9.17, 15) is 9.59 Å². The van der Waals surface area contributed by atoms with Crippen molar-refractivity contribution >= 4 is 22.7 Å². The third kappa shape index (κ3) is 3.08. The van der Waals surface area contributed by atoms with Crippen LogP contribution in [0.25, 0.3) is 16.6 Å². The van der Waals surface area contributed by atoms with Crippen LogP contribution in [-0.4, -0.2) is 22.9 Å². The van der Waals surface area contributed by atoms with Gasteiger partial charge in [-0.2, -0.15) is 0 Å². The number of carbonyl (C=O) groups excluding carboxylic acids is 2. The Kier molecular flexibility index (Phi) is 4.47. The minimum absolute atomic E-state index is 0.0278. The van der Waals surface area contributed by atoms with Gasteiger partial charge in [-0.05, 0) is 37.6 Å². The zero-order valence-corrected chi connectivity index (χ0v) is 13.8. The number of ketones is 1. The summed E-state index contributed by atoms with van der Waals surface area (Å²) in [7, 11) is 0. The maximum absolute atomic E-state index is 11.9. The molecule has 0 unspecified atom stereocenters. The van der Waals surface area contributed by atoms with E-state index in [4.69, 9.17) is 4.74 Å². The van der Waals surface area contributed by atoms with Crippen molar-refractivity contribution < 1.29 is 14.3 Å². The molecular formula is C20H19NO3. The summed E-state index contributed by atoms with van der Waals surface area (Å²) in [6.45, 7) is 3.73. The Bertz CT molecular complexity index is 908. The molecule has 0 aliphatic carbocycles. The molecule has 0 N–H and O–H groups in total. The van der Waals surface area contributed by atoms with Gasteiger partial charge in [-0.1, -0.05) is 30.3 Å². The quantitative estimate of drug-likeness (QED) is 0.528. The summed E-state index contributed by atoms with van der Waals surface area (Å²) in [6.07, 6.45) is 2.18. The molecule has 0 bridgehead atoms. The first kappa shape index (κ1) is 16.0. The van der Waals surface area contributed by atoms with Gasteiger partial charge in [-0.25, -0.2) is 0 Å². The third-order valence-electron chi connectivity index (χ3n) is 3.97. The standard InChI is InChI=1S/C20H19NO3/c1-3-24-20(23)12-16-13-21(19-10-5-4-9-18(16)19)17-8-6-7-15(11-17)14(2)22/h4-11,13H,3,12H2,1-2H3. The first-order chi connectivity index (χ1) is 11.6. The molecule has 2 aromatic carbocycles. The van der Waals surface area contributed by atoms with E-state index < -0.39 is 0 Å². The highest BCUT2D eigenvalue weighted by Crippen LogP contribution is 2.26. The largest absolute Gasteiger partial charge is 0.466 e. The van der Waals surface area contributed by atoms with Gasteiger partial charge in [0.25, 0.3) is 0 Å². The molecule has 4 heteroatoms. The lowest BCUT2D eigenvalue weighted by molar-refractivity contribution is -0.142. The average Bonchev–Trinajstić information content (AvgIpc) is 2.94. The summed E-state index contributed by atoms with van der Waals surface area (Å²) in [5, 5.41) is 1.01. The van der Waals surface area contributed by atoms with Crippen molar-refractivity contribution in [2.24, 2.45) is 0 Å². The van der Waals surface area contributed by atoms with Crippen molar-refractivity contribution in [2.75, 3.05) is 6.61 Å². The molecule has 0 aliphatic rings. The van der Waals surface area contributed by atoms with Gasteiger partial charge in [0.2, 0.25) is 0 Å². The average molecular weight is 321 g/mol. The lowest BCUT2D eigenvalue weighted by Crippen LogP contribution is -2.07. The Morgan fingerprint density at radius 2 is 1.88 bits per heavy atom. The summed E-state index contributed by atoms with van der Waals surface area (Å²) in [6, 6.07) is 15.4. The van der Waals surface area contributed by atoms with Crippen LogP contribution in [0, 0.1) is 0 Å². The molecule has 3 rings (SSSR count). The smallest absolute Gasteiger partial charge is 0.310 e. The van der Waals surface area contributed by atoms with E-state index in [1.54, 1.807) is 19.9 Å². The van der Waals surface area contributed by atoms with Crippen molar-refractivity contribution in [1.82, 2.24) is 4.57 Å². The Labute approximate surface area is 140 Å².